The minimum absolute atomic E-state index is 0.123. The zero-order valence-corrected chi connectivity index (χ0v) is 41.7. The topological polar surface area (TPSA) is 78.9 Å². The van der Waals surface area contributed by atoms with Gasteiger partial charge in [0.2, 0.25) is 0 Å². The number of carbonyl (C=O) groups excluding carboxylic acids is 3. The van der Waals surface area contributed by atoms with Crippen LogP contribution in [0, 0.1) is 0 Å². The van der Waals surface area contributed by atoms with E-state index in [1.165, 1.54) is 77.0 Å². The second kappa shape index (κ2) is 52.4. The van der Waals surface area contributed by atoms with Gasteiger partial charge < -0.3 is 14.2 Å². The molecule has 0 rings (SSSR count). The van der Waals surface area contributed by atoms with E-state index in [0.29, 0.717) is 19.3 Å². The second-order valence-electron chi connectivity index (χ2n) is 16.8. The molecule has 6 nitrogen and oxygen atoms in total. The third kappa shape index (κ3) is 50.7. The van der Waals surface area contributed by atoms with E-state index < -0.39 is 6.10 Å². The monoisotopic (exact) mass is 899 g/mol. The molecule has 6 heteroatoms. The molecule has 0 aliphatic carbocycles. The van der Waals surface area contributed by atoms with Crippen molar-refractivity contribution in [2.45, 2.75) is 219 Å². The molecule has 0 aromatic rings. The smallest absolute Gasteiger partial charge is 0.306 e. The first kappa shape index (κ1) is 60.8. The average molecular weight is 899 g/mol. The first-order valence-corrected chi connectivity index (χ1v) is 26.1. The van der Waals surface area contributed by atoms with E-state index in [1.54, 1.807) is 0 Å². The van der Waals surface area contributed by atoms with Gasteiger partial charge in [-0.15, -0.1) is 0 Å². The number of hydrogen-bond donors (Lipinski definition) is 0. The molecule has 0 saturated carbocycles. The van der Waals surface area contributed by atoms with Crippen molar-refractivity contribution in [3.05, 3.63) is 122 Å². The van der Waals surface area contributed by atoms with Gasteiger partial charge in [-0.2, -0.15) is 0 Å². The Balaban J connectivity index is 4.55. The standard InChI is InChI=1S/C59H94O6/c1-4-7-10-13-16-19-22-25-27-28-29-30-32-34-37-40-43-46-49-52-58(61)64-55-56(54-63-57(60)51-48-45-42-39-36-33-24-21-18-15-12-9-6-3)65-59(62)53-50-47-44-41-38-35-31-26-23-20-17-14-11-8-5-2/h7,9-10,12,15-16,18-19,21,24-25,27,29-30,33-34,36-37,43,46,56H,4-6,8,11,13-14,17,20,22-23,26,28,31-32,35,38-42,44-45,47-55H2,1-3H3/b10-7+,12-9+,18-15+,19-16+,24-21+,27-25+,30-29+,36-33+,37-34+,46-43+. The van der Waals surface area contributed by atoms with E-state index in [1.807, 2.05) is 48.6 Å². The van der Waals surface area contributed by atoms with Crippen LogP contribution >= 0.6 is 0 Å². The van der Waals surface area contributed by atoms with Crippen LogP contribution in [0.3, 0.4) is 0 Å². The van der Waals surface area contributed by atoms with Crippen molar-refractivity contribution < 1.29 is 28.6 Å². The Morgan fingerprint density at radius 3 is 1.18 bits per heavy atom. The van der Waals surface area contributed by atoms with Crippen molar-refractivity contribution in [1.82, 2.24) is 0 Å². The van der Waals surface area contributed by atoms with Gasteiger partial charge >= 0.3 is 17.9 Å². The third-order valence-electron chi connectivity index (χ3n) is 10.6. The molecule has 366 valence electrons. The zero-order valence-electron chi connectivity index (χ0n) is 41.7. The highest BCUT2D eigenvalue weighted by Gasteiger charge is 2.19. The molecule has 0 radical (unpaired) electrons. The Hall–Kier alpha value is -4.19. The summed E-state index contributed by atoms with van der Waals surface area (Å²) in [6, 6.07) is 0. The van der Waals surface area contributed by atoms with Crippen LogP contribution in [0.1, 0.15) is 213 Å². The number of hydrogen-bond acceptors (Lipinski definition) is 6. The van der Waals surface area contributed by atoms with Crippen LogP contribution in [-0.2, 0) is 28.6 Å². The molecule has 0 aliphatic rings. The highest BCUT2D eigenvalue weighted by molar-refractivity contribution is 5.71. The van der Waals surface area contributed by atoms with Gasteiger partial charge in [-0.05, 0) is 77.0 Å². The number of allylic oxidation sites excluding steroid dienone is 20. The normalized spacial score (nSPS) is 13.1. The van der Waals surface area contributed by atoms with Gasteiger partial charge in [0.1, 0.15) is 13.2 Å². The summed E-state index contributed by atoms with van der Waals surface area (Å²) in [6.07, 6.45) is 72.0. The highest BCUT2D eigenvalue weighted by atomic mass is 16.6. The van der Waals surface area contributed by atoms with Gasteiger partial charge in [0.15, 0.2) is 6.10 Å². The van der Waals surface area contributed by atoms with Crippen LogP contribution in [0.2, 0.25) is 0 Å². The predicted molar refractivity (Wildman–Crippen MR) is 279 cm³/mol. The summed E-state index contributed by atoms with van der Waals surface area (Å²) in [5.74, 6) is -1.05. The van der Waals surface area contributed by atoms with Gasteiger partial charge in [-0.1, -0.05) is 239 Å². The molecular formula is C59H94O6. The molecule has 0 aliphatic heterocycles. The van der Waals surface area contributed by atoms with Crippen LogP contribution in [0.4, 0.5) is 0 Å². The van der Waals surface area contributed by atoms with Crippen LogP contribution in [0.5, 0.6) is 0 Å². The lowest BCUT2D eigenvalue weighted by molar-refractivity contribution is -0.166. The van der Waals surface area contributed by atoms with Crippen molar-refractivity contribution in [1.29, 1.82) is 0 Å². The van der Waals surface area contributed by atoms with Crippen molar-refractivity contribution in [3.8, 4) is 0 Å². The van der Waals surface area contributed by atoms with Crippen molar-refractivity contribution in [3.63, 3.8) is 0 Å². The Bertz CT molecular complexity index is 1400. The molecule has 0 saturated heterocycles. The Kier molecular flexibility index (Phi) is 49.1. The van der Waals surface area contributed by atoms with Crippen molar-refractivity contribution in [2.24, 2.45) is 0 Å². The molecule has 0 N–H and O–H groups in total. The molecule has 0 fully saturated rings. The molecule has 65 heavy (non-hydrogen) atoms. The Morgan fingerprint density at radius 2 is 0.708 bits per heavy atom. The lowest BCUT2D eigenvalue weighted by Crippen LogP contribution is -2.30. The number of carbonyl (C=O) groups is 3. The number of esters is 3. The fourth-order valence-electron chi connectivity index (χ4n) is 6.71. The Morgan fingerprint density at radius 1 is 0.338 bits per heavy atom. The molecule has 1 unspecified atom stereocenters. The molecular weight excluding hydrogens is 805 g/mol. The van der Waals surface area contributed by atoms with Crippen molar-refractivity contribution >= 4 is 17.9 Å². The Labute approximate surface area is 399 Å². The minimum atomic E-state index is -0.826. The van der Waals surface area contributed by atoms with Gasteiger partial charge in [0.25, 0.3) is 0 Å². The SMILES string of the molecule is CC/C=C/C=C/C=C/C=C/CCCCCC(=O)OCC(COC(=O)CC/C=C/C/C=C/C/C=C/C/C=C/C/C=C/C/C=C/CC)OC(=O)CCCCCCCCCCCCCCCCC. The van der Waals surface area contributed by atoms with Crippen LogP contribution < -0.4 is 0 Å². The fourth-order valence-corrected chi connectivity index (χ4v) is 6.71. The highest BCUT2D eigenvalue weighted by Crippen LogP contribution is 2.15. The summed E-state index contributed by atoms with van der Waals surface area (Å²) in [5, 5.41) is 0. The zero-order chi connectivity index (χ0) is 47.2. The molecule has 0 aromatic heterocycles. The summed E-state index contributed by atoms with van der Waals surface area (Å²) >= 11 is 0. The summed E-state index contributed by atoms with van der Waals surface area (Å²) in [5.41, 5.74) is 0. The average Bonchev–Trinajstić information content (AvgIpc) is 3.30. The summed E-state index contributed by atoms with van der Waals surface area (Å²) < 4.78 is 16.7. The minimum Gasteiger partial charge on any atom is -0.462 e. The van der Waals surface area contributed by atoms with Gasteiger partial charge in [-0.3, -0.25) is 14.4 Å². The van der Waals surface area contributed by atoms with E-state index in [2.05, 4.69) is 93.7 Å². The first-order chi connectivity index (χ1) is 32.0. The second-order valence-corrected chi connectivity index (χ2v) is 16.8. The number of unbranched alkanes of at least 4 members (excludes halogenated alkanes) is 17. The van der Waals surface area contributed by atoms with Crippen LogP contribution in [-0.4, -0.2) is 37.2 Å². The quantitative estimate of drug-likeness (QED) is 0.0199. The maximum Gasteiger partial charge on any atom is 0.306 e. The number of rotatable bonds is 45. The summed E-state index contributed by atoms with van der Waals surface area (Å²) in [6.45, 7) is 6.27. The first-order valence-electron chi connectivity index (χ1n) is 26.1. The maximum atomic E-state index is 12.8. The molecule has 0 spiro atoms. The number of ether oxygens (including phenoxy) is 3. The maximum absolute atomic E-state index is 12.8. The van der Waals surface area contributed by atoms with Crippen molar-refractivity contribution in [2.75, 3.05) is 13.2 Å². The van der Waals surface area contributed by atoms with Gasteiger partial charge in [0.05, 0.1) is 0 Å². The lowest BCUT2D eigenvalue weighted by atomic mass is 10.0. The van der Waals surface area contributed by atoms with Crippen LogP contribution in [0.25, 0.3) is 0 Å². The van der Waals surface area contributed by atoms with Gasteiger partial charge in [-0.25, -0.2) is 0 Å². The van der Waals surface area contributed by atoms with Crippen LogP contribution in [0.15, 0.2) is 122 Å². The predicted octanol–water partition coefficient (Wildman–Crippen LogP) is 17.3. The molecule has 0 amide bonds. The fraction of sp³-hybridized carbons (Fsp3) is 0.610. The molecule has 0 bridgehead atoms. The third-order valence-corrected chi connectivity index (χ3v) is 10.6. The van der Waals surface area contributed by atoms with E-state index in [-0.39, 0.29) is 37.5 Å². The summed E-state index contributed by atoms with van der Waals surface area (Å²) in [7, 11) is 0. The van der Waals surface area contributed by atoms with E-state index in [4.69, 9.17) is 14.2 Å². The molecule has 0 heterocycles. The van der Waals surface area contributed by atoms with E-state index in [9.17, 15) is 14.4 Å². The summed E-state index contributed by atoms with van der Waals surface area (Å²) in [4.78, 5) is 38.0. The molecule has 1 atom stereocenters. The van der Waals surface area contributed by atoms with E-state index >= 15 is 0 Å². The lowest BCUT2D eigenvalue weighted by Gasteiger charge is -2.18. The largest absolute Gasteiger partial charge is 0.462 e. The molecule has 0 aromatic carbocycles. The van der Waals surface area contributed by atoms with E-state index in [0.717, 1.165) is 89.9 Å². The van der Waals surface area contributed by atoms with Gasteiger partial charge in [0, 0.05) is 19.3 Å².